The number of hydrogen-bond acceptors (Lipinski definition) is 4. The minimum absolute atomic E-state index is 0. The Morgan fingerprint density at radius 2 is 1.88 bits per heavy atom. The smallest absolute Gasteiger partial charge is 0.242 e. The van der Waals surface area contributed by atoms with Crippen molar-refractivity contribution < 1.29 is 9.53 Å². The van der Waals surface area contributed by atoms with Gasteiger partial charge in [-0.15, -0.1) is 24.8 Å². The first-order valence-electron chi connectivity index (χ1n) is 8.13. The number of amides is 1. The second kappa shape index (κ2) is 10.1. The van der Waals surface area contributed by atoms with E-state index in [9.17, 15) is 4.79 Å². The van der Waals surface area contributed by atoms with Gasteiger partial charge >= 0.3 is 0 Å². The van der Waals surface area contributed by atoms with Gasteiger partial charge in [-0.1, -0.05) is 18.2 Å². The van der Waals surface area contributed by atoms with E-state index in [4.69, 9.17) is 4.74 Å². The number of ether oxygens (including phenoxy) is 1. The van der Waals surface area contributed by atoms with Crippen LogP contribution in [0.2, 0.25) is 0 Å². The molecule has 1 aromatic carbocycles. The van der Waals surface area contributed by atoms with Gasteiger partial charge < -0.3 is 19.9 Å². The van der Waals surface area contributed by atoms with E-state index in [-0.39, 0.29) is 36.8 Å². The third-order valence-electron chi connectivity index (χ3n) is 4.71. The molecule has 1 unspecified atom stereocenters. The maximum absolute atomic E-state index is 12.5. The summed E-state index contributed by atoms with van der Waals surface area (Å²) >= 11 is 0. The highest BCUT2D eigenvalue weighted by atomic mass is 35.5. The molecule has 7 heteroatoms. The zero-order chi connectivity index (χ0) is 15.4. The fourth-order valence-corrected chi connectivity index (χ4v) is 3.29. The van der Waals surface area contributed by atoms with E-state index in [1.54, 1.807) is 0 Å². The van der Waals surface area contributed by atoms with E-state index in [0.717, 1.165) is 32.5 Å². The Labute approximate surface area is 156 Å². The normalized spacial score (nSPS) is 21.4. The highest BCUT2D eigenvalue weighted by molar-refractivity contribution is 5.85. The molecule has 0 saturated carbocycles. The number of benzene rings is 1. The fourth-order valence-electron chi connectivity index (χ4n) is 3.29. The quantitative estimate of drug-likeness (QED) is 0.876. The molecule has 5 nitrogen and oxygen atoms in total. The minimum Gasteiger partial charge on any atom is -0.378 e. The average molecular weight is 376 g/mol. The second-order valence-electron chi connectivity index (χ2n) is 6.08. The third-order valence-corrected chi connectivity index (χ3v) is 4.71. The largest absolute Gasteiger partial charge is 0.378 e. The molecule has 1 atom stereocenters. The highest BCUT2D eigenvalue weighted by Crippen LogP contribution is 2.22. The van der Waals surface area contributed by atoms with Crippen LogP contribution in [0.15, 0.2) is 30.3 Å². The summed E-state index contributed by atoms with van der Waals surface area (Å²) in [5, 5.41) is 3.25. The van der Waals surface area contributed by atoms with Crippen LogP contribution in [0.4, 0.5) is 5.69 Å². The Balaban J connectivity index is 0.00000144. The van der Waals surface area contributed by atoms with Crippen LogP contribution in [0, 0.1) is 0 Å². The predicted molar refractivity (Wildman–Crippen MR) is 102 cm³/mol. The van der Waals surface area contributed by atoms with Gasteiger partial charge in [0.1, 0.15) is 6.04 Å². The van der Waals surface area contributed by atoms with Gasteiger partial charge in [0.2, 0.25) is 5.91 Å². The van der Waals surface area contributed by atoms with Crippen molar-refractivity contribution in [2.24, 2.45) is 0 Å². The van der Waals surface area contributed by atoms with Gasteiger partial charge in [0.25, 0.3) is 0 Å². The van der Waals surface area contributed by atoms with Crippen LogP contribution in [0.5, 0.6) is 0 Å². The van der Waals surface area contributed by atoms with E-state index in [1.807, 2.05) is 11.0 Å². The van der Waals surface area contributed by atoms with E-state index in [1.165, 1.54) is 5.69 Å². The molecule has 0 spiro atoms. The topological polar surface area (TPSA) is 44.8 Å². The zero-order valence-electron chi connectivity index (χ0n) is 14.0. The maximum Gasteiger partial charge on any atom is 0.242 e. The number of nitrogens with zero attached hydrogens (tertiary/aromatic N) is 2. The summed E-state index contributed by atoms with van der Waals surface area (Å²) < 4.78 is 5.39. The van der Waals surface area contributed by atoms with E-state index in [0.29, 0.717) is 19.3 Å². The molecule has 0 radical (unpaired) electrons. The Hall–Kier alpha value is -1.01. The van der Waals surface area contributed by atoms with Gasteiger partial charge in [-0.25, -0.2) is 0 Å². The van der Waals surface area contributed by atoms with Crippen molar-refractivity contribution in [3.05, 3.63) is 30.3 Å². The molecule has 1 aromatic rings. The van der Waals surface area contributed by atoms with E-state index in [2.05, 4.69) is 41.5 Å². The highest BCUT2D eigenvalue weighted by Gasteiger charge is 2.30. The molecular weight excluding hydrogens is 349 g/mol. The zero-order valence-corrected chi connectivity index (χ0v) is 15.7. The van der Waals surface area contributed by atoms with Crippen molar-refractivity contribution in [1.29, 1.82) is 0 Å². The summed E-state index contributed by atoms with van der Waals surface area (Å²) in [5.74, 6) is 0.195. The molecule has 2 heterocycles. The molecule has 0 aromatic heterocycles. The van der Waals surface area contributed by atoms with Crippen molar-refractivity contribution in [3.8, 4) is 0 Å². The summed E-state index contributed by atoms with van der Waals surface area (Å²) in [6, 6.07) is 10.8. The van der Waals surface area contributed by atoms with Gasteiger partial charge in [-0.2, -0.15) is 0 Å². The first-order chi connectivity index (χ1) is 10.8. The van der Waals surface area contributed by atoms with Gasteiger partial charge in [0.15, 0.2) is 0 Å². The number of nitrogens with one attached hydrogen (secondary N) is 1. The number of carbonyl (C=O) groups is 1. The molecule has 136 valence electrons. The number of anilines is 1. The van der Waals surface area contributed by atoms with Crippen molar-refractivity contribution in [2.75, 3.05) is 44.8 Å². The summed E-state index contributed by atoms with van der Waals surface area (Å²) in [6.07, 6.45) is 2.04. The standard InChI is InChI=1S/C17H25N3O2.2ClH/c1-19(14-5-3-2-4-6-14)15-7-10-20(11-8-15)17(21)16-13-22-12-9-18-16;;/h2-6,15-16,18H,7-13H2,1H3;2*1H. The number of hydrogen-bond donors (Lipinski definition) is 1. The molecule has 2 aliphatic heterocycles. The van der Waals surface area contributed by atoms with Crippen molar-refractivity contribution in [1.82, 2.24) is 10.2 Å². The van der Waals surface area contributed by atoms with Crippen LogP contribution < -0.4 is 10.2 Å². The van der Waals surface area contributed by atoms with Crippen molar-refractivity contribution in [3.63, 3.8) is 0 Å². The number of piperidine rings is 1. The lowest BCUT2D eigenvalue weighted by molar-refractivity contribution is -0.137. The van der Waals surface area contributed by atoms with Crippen LogP contribution in [-0.2, 0) is 9.53 Å². The number of carbonyl (C=O) groups excluding carboxylic acids is 1. The molecule has 2 fully saturated rings. The maximum atomic E-state index is 12.5. The number of likely N-dealkylation sites (tertiary alicyclic amines) is 1. The van der Waals surface area contributed by atoms with Gasteiger partial charge in [-0.3, -0.25) is 4.79 Å². The first kappa shape index (κ1) is 21.0. The minimum atomic E-state index is -0.155. The molecule has 0 aliphatic carbocycles. The van der Waals surface area contributed by atoms with Gasteiger partial charge in [0.05, 0.1) is 13.2 Å². The number of morpholine rings is 1. The first-order valence-corrected chi connectivity index (χ1v) is 8.13. The summed E-state index contributed by atoms with van der Waals surface area (Å²) in [4.78, 5) is 16.8. The molecule has 2 aliphatic rings. The lowest BCUT2D eigenvalue weighted by atomic mass is 10.0. The molecule has 1 N–H and O–H groups in total. The second-order valence-corrected chi connectivity index (χ2v) is 6.08. The number of halogens is 2. The van der Waals surface area contributed by atoms with Crippen LogP contribution in [-0.4, -0.2) is 62.8 Å². The van der Waals surface area contributed by atoms with Crippen molar-refractivity contribution >= 4 is 36.4 Å². The lowest BCUT2D eigenvalue weighted by Crippen LogP contribution is -2.55. The van der Waals surface area contributed by atoms with E-state index >= 15 is 0 Å². The predicted octanol–water partition coefficient (Wildman–Crippen LogP) is 1.95. The molecular formula is C17H27Cl2N3O2. The van der Waals surface area contributed by atoms with Gasteiger partial charge in [-0.05, 0) is 25.0 Å². The fraction of sp³-hybridized carbons (Fsp3) is 0.588. The number of rotatable bonds is 3. The Kier molecular flexibility index (Phi) is 8.84. The van der Waals surface area contributed by atoms with Crippen molar-refractivity contribution in [2.45, 2.75) is 24.9 Å². The van der Waals surface area contributed by atoms with Crippen LogP contribution in [0.1, 0.15) is 12.8 Å². The molecule has 3 rings (SSSR count). The summed E-state index contributed by atoms with van der Waals surface area (Å²) in [5.41, 5.74) is 1.25. The third kappa shape index (κ3) is 4.99. The summed E-state index contributed by atoms with van der Waals surface area (Å²) in [7, 11) is 2.15. The van der Waals surface area contributed by atoms with Gasteiger partial charge in [0, 0.05) is 38.4 Å². The lowest BCUT2D eigenvalue weighted by Gasteiger charge is -2.39. The SMILES string of the molecule is CN(c1ccccc1)C1CCN(C(=O)C2COCCN2)CC1.Cl.Cl. The Morgan fingerprint density at radius 3 is 2.46 bits per heavy atom. The summed E-state index contributed by atoms with van der Waals surface area (Å²) in [6.45, 7) is 3.64. The molecule has 0 bridgehead atoms. The Morgan fingerprint density at radius 1 is 1.21 bits per heavy atom. The van der Waals surface area contributed by atoms with Crippen LogP contribution >= 0.6 is 24.8 Å². The van der Waals surface area contributed by atoms with Crippen LogP contribution in [0.3, 0.4) is 0 Å². The van der Waals surface area contributed by atoms with Crippen LogP contribution in [0.25, 0.3) is 0 Å². The number of para-hydroxylation sites is 1. The van der Waals surface area contributed by atoms with E-state index < -0.39 is 0 Å². The monoisotopic (exact) mass is 375 g/mol. The average Bonchev–Trinajstić information content (AvgIpc) is 2.62. The molecule has 24 heavy (non-hydrogen) atoms. The molecule has 1 amide bonds. The Bertz CT molecular complexity index is 490. The molecule has 2 saturated heterocycles.